The van der Waals surface area contributed by atoms with Crippen molar-refractivity contribution in [2.24, 2.45) is 0 Å². The Morgan fingerprint density at radius 3 is 2.53 bits per heavy atom. The minimum Gasteiger partial charge on any atom is -0.381 e. The van der Waals surface area contributed by atoms with Crippen molar-refractivity contribution in [1.82, 2.24) is 39.1 Å². The van der Waals surface area contributed by atoms with Gasteiger partial charge in [-0.15, -0.1) is 0 Å². The van der Waals surface area contributed by atoms with E-state index in [0.717, 1.165) is 0 Å². The van der Waals surface area contributed by atoms with Gasteiger partial charge in [-0.05, 0) is 0 Å². The Morgan fingerprint density at radius 1 is 0.953 bits per heavy atom. The second-order valence-electron chi connectivity index (χ2n) is 9.94. The molecule has 4 aromatic rings. The molecule has 3 aliphatic heterocycles. The zero-order valence-corrected chi connectivity index (χ0v) is 25.4. The van der Waals surface area contributed by atoms with Gasteiger partial charge in [-0.3, -0.25) is 32.4 Å². The summed E-state index contributed by atoms with van der Waals surface area (Å²) in [5, 5.41) is 4.19. The molecule has 43 heavy (non-hydrogen) atoms. The molecule has 3 fully saturated rings. The fourth-order valence-electron chi connectivity index (χ4n) is 5.28. The quantitative estimate of drug-likeness (QED) is 0.149. The highest BCUT2D eigenvalue weighted by atomic mass is 32.7. The van der Waals surface area contributed by atoms with E-state index in [1.807, 2.05) is 0 Å². The molecule has 7 heterocycles. The van der Waals surface area contributed by atoms with E-state index in [4.69, 9.17) is 39.0 Å². The molecule has 8 atom stereocenters. The molecule has 5 N–H and O–H groups in total. The highest BCUT2D eigenvalue weighted by molar-refractivity contribution is 8.44. The third-order valence-corrected chi connectivity index (χ3v) is 10.4. The largest absolute Gasteiger partial charge is 0.386 e. The number of hydrogen-bond acceptors (Lipinski definition) is 16. The summed E-state index contributed by atoms with van der Waals surface area (Å²) in [6, 6.07) is 0. The zero-order valence-electron chi connectivity index (χ0n) is 21.8. The van der Waals surface area contributed by atoms with Gasteiger partial charge in [-0.25, -0.2) is 28.6 Å². The number of thiol groups is 2. The average molecular weight is 675 g/mol. The minimum absolute atomic E-state index is 0.00307. The molecule has 230 valence electrons. The molecule has 0 amide bonds. The SMILES string of the molecule is Nc1nc2c(ncn2[C@@H]2O[C@@H]3CO[P@@](=O)(S)O[C@H]4C[C@H](c5cnc6c(N)ncnn56)O[C@@H]4CO[P@@](=O)(S)O[C@@H]2C3)c(=O)[nH]1. The second-order valence-corrected chi connectivity index (χ2v) is 15.7. The Labute approximate surface area is 251 Å². The van der Waals surface area contributed by atoms with E-state index < -0.39 is 55.9 Å². The van der Waals surface area contributed by atoms with E-state index in [1.165, 1.54) is 27.9 Å². The number of aromatic amines is 1. The van der Waals surface area contributed by atoms with Crippen molar-refractivity contribution < 1.29 is 36.7 Å². The number of nitrogens with two attached hydrogens (primary N) is 2. The Bertz CT molecular complexity index is 1870. The zero-order chi connectivity index (χ0) is 30.1. The van der Waals surface area contributed by atoms with E-state index in [2.05, 4.69) is 54.5 Å². The summed E-state index contributed by atoms with van der Waals surface area (Å²) >= 11 is 8.36. The molecular weight excluding hydrogens is 650 g/mol. The molecule has 3 aliphatic rings. The van der Waals surface area contributed by atoms with Crippen LogP contribution < -0.4 is 17.0 Å². The number of nitrogen functional groups attached to an aromatic ring is 2. The van der Waals surface area contributed by atoms with Gasteiger partial charge in [0.05, 0.1) is 43.6 Å². The fraction of sp³-hybridized carbons (Fsp3) is 0.500. The van der Waals surface area contributed by atoms with Crippen molar-refractivity contribution in [1.29, 1.82) is 0 Å². The lowest BCUT2D eigenvalue weighted by Gasteiger charge is -2.26. The number of aromatic nitrogens is 8. The van der Waals surface area contributed by atoms with Crippen LogP contribution in [0.4, 0.5) is 11.8 Å². The van der Waals surface area contributed by atoms with Crippen molar-refractivity contribution in [3.63, 3.8) is 0 Å². The van der Waals surface area contributed by atoms with Crippen LogP contribution in [0.15, 0.2) is 23.6 Å². The van der Waals surface area contributed by atoms with Gasteiger partial charge in [0, 0.05) is 12.8 Å². The average Bonchev–Trinajstić information content (AvgIpc) is 3.71. The van der Waals surface area contributed by atoms with E-state index in [0.29, 0.717) is 11.3 Å². The molecule has 0 unspecified atom stereocenters. The van der Waals surface area contributed by atoms with Gasteiger partial charge < -0.3 is 20.9 Å². The lowest BCUT2D eigenvalue weighted by Crippen LogP contribution is -2.28. The van der Waals surface area contributed by atoms with Gasteiger partial charge in [0.1, 0.15) is 24.6 Å². The van der Waals surface area contributed by atoms with Crippen molar-refractivity contribution in [3.05, 3.63) is 34.9 Å². The topological polar surface area (TPSA) is 248 Å². The number of nitrogens with zero attached hydrogens (tertiary/aromatic N) is 7. The van der Waals surface area contributed by atoms with Crippen LogP contribution in [0.1, 0.15) is 30.9 Å². The van der Waals surface area contributed by atoms with Crippen LogP contribution in [0.2, 0.25) is 0 Å². The Hall–Kier alpha value is -2.58. The molecule has 19 nitrogen and oxygen atoms in total. The monoisotopic (exact) mass is 674 g/mol. The maximum absolute atomic E-state index is 13.5. The second kappa shape index (κ2) is 10.8. The predicted molar refractivity (Wildman–Crippen MR) is 153 cm³/mol. The summed E-state index contributed by atoms with van der Waals surface area (Å²) in [6.07, 6.45) is -0.737. The van der Waals surface area contributed by atoms with Crippen LogP contribution in [-0.4, -0.2) is 76.7 Å². The summed E-state index contributed by atoms with van der Waals surface area (Å²) < 4.78 is 64.9. The van der Waals surface area contributed by atoms with Crippen LogP contribution in [0.5, 0.6) is 0 Å². The summed E-state index contributed by atoms with van der Waals surface area (Å²) in [6.45, 7) is -8.63. The highest BCUT2D eigenvalue weighted by Crippen LogP contribution is 2.60. The van der Waals surface area contributed by atoms with Crippen LogP contribution in [-0.2, 0) is 36.7 Å². The molecule has 2 bridgehead atoms. The molecule has 3 saturated heterocycles. The van der Waals surface area contributed by atoms with Crippen LogP contribution in [0, 0.1) is 0 Å². The molecule has 4 aromatic heterocycles. The predicted octanol–water partition coefficient (Wildman–Crippen LogP) is 1.43. The summed E-state index contributed by atoms with van der Waals surface area (Å²) in [5.74, 6) is 0.0325. The Kier molecular flexibility index (Phi) is 7.32. The third-order valence-electron chi connectivity index (χ3n) is 7.12. The maximum atomic E-state index is 13.5. The maximum Gasteiger partial charge on any atom is 0.386 e. The molecule has 0 aliphatic carbocycles. The van der Waals surface area contributed by atoms with Gasteiger partial charge in [-0.2, -0.15) is 10.1 Å². The standard InChI is InChI=1S/C20H24N10O9P2S2/c21-15-17-23-3-9(30(17)26-6-24-15)10-2-11-13(37-10)5-35-41(33,43)39-12-1-8(4-34-40(32,42)38-11)36-19(12)29-7-25-14-16(29)27-20(22)28-18(14)31/h3,6-8,10-13,19H,1-2,4-5H2,(H,32,42)(H,33,43)(H2,21,24,26)(H3,22,27,28,31)/t8-,10+,11-,12+,13+,19+,40+,41+/m0/s1. The lowest BCUT2D eigenvalue weighted by atomic mass is 10.1. The van der Waals surface area contributed by atoms with E-state index in [-0.39, 0.29) is 49.0 Å². The van der Waals surface area contributed by atoms with Gasteiger partial charge in [0.15, 0.2) is 28.9 Å². The number of anilines is 2. The number of hydrogen-bond donors (Lipinski definition) is 5. The summed E-state index contributed by atoms with van der Waals surface area (Å²) in [4.78, 5) is 31.1. The first kappa shape index (κ1) is 29.1. The number of ether oxygens (including phenoxy) is 2. The van der Waals surface area contributed by atoms with Gasteiger partial charge >= 0.3 is 13.6 Å². The molecule has 0 radical (unpaired) electrons. The van der Waals surface area contributed by atoms with Gasteiger partial charge in [-0.1, -0.05) is 24.5 Å². The van der Waals surface area contributed by atoms with Crippen LogP contribution in [0.3, 0.4) is 0 Å². The smallest absolute Gasteiger partial charge is 0.381 e. The van der Waals surface area contributed by atoms with Crippen molar-refractivity contribution in [2.75, 3.05) is 24.7 Å². The van der Waals surface area contributed by atoms with Crippen molar-refractivity contribution >= 4 is 66.7 Å². The molecule has 0 saturated carbocycles. The fourth-order valence-corrected chi connectivity index (χ4v) is 8.31. The first-order valence-corrected chi connectivity index (χ1v) is 18.1. The number of H-pyrrole nitrogens is 1. The molecule has 0 aromatic carbocycles. The molecular formula is C20H24N10O9P2S2. The number of fused-ring (bicyclic) bond motifs is 5. The van der Waals surface area contributed by atoms with E-state index in [1.54, 1.807) is 0 Å². The molecule has 7 rings (SSSR count). The number of nitrogens with one attached hydrogen (secondary N) is 1. The first-order valence-electron chi connectivity index (χ1n) is 12.8. The summed E-state index contributed by atoms with van der Waals surface area (Å²) in [7, 11) is 0. The Balaban J connectivity index is 1.17. The Morgan fingerprint density at radius 2 is 1.72 bits per heavy atom. The van der Waals surface area contributed by atoms with Crippen molar-refractivity contribution in [3.8, 4) is 0 Å². The number of rotatable bonds is 2. The van der Waals surface area contributed by atoms with Crippen molar-refractivity contribution in [2.45, 2.75) is 49.6 Å². The first-order chi connectivity index (χ1) is 20.5. The lowest BCUT2D eigenvalue weighted by molar-refractivity contribution is -0.0513. The number of imidazole rings is 2. The highest BCUT2D eigenvalue weighted by Gasteiger charge is 2.47. The molecule has 23 heteroatoms. The van der Waals surface area contributed by atoms with Gasteiger partial charge in [0.2, 0.25) is 5.95 Å². The van der Waals surface area contributed by atoms with E-state index >= 15 is 0 Å². The van der Waals surface area contributed by atoms with E-state index in [9.17, 15) is 13.9 Å². The normalized spacial score (nSPS) is 35.4. The summed E-state index contributed by atoms with van der Waals surface area (Å²) in [5.41, 5.74) is 12.0. The minimum atomic E-state index is -4.08. The van der Waals surface area contributed by atoms with Crippen LogP contribution in [0.25, 0.3) is 16.8 Å². The van der Waals surface area contributed by atoms with Crippen LogP contribution >= 0.6 is 38.1 Å². The molecule has 0 spiro atoms. The third kappa shape index (κ3) is 5.58. The van der Waals surface area contributed by atoms with Gasteiger partial charge in [0.25, 0.3) is 5.56 Å².